The second-order valence-electron chi connectivity index (χ2n) is 6.43. The summed E-state index contributed by atoms with van der Waals surface area (Å²) >= 11 is 0. The average Bonchev–Trinajstić information content (AvgIpc) is 2.90. The molecule has 0 heterocycles. The Morgan fingerprint density at radius 3 is 0.302 bits per heavy atom. The molecule has 0 aromatic carbocycles. The Hall–Kier alpha value is 3.13. The molecule has 0 bridgehead atoms. The summed E-state index contributed by atoms with van der Waals surface area (Å²) in [5.74, 6) is 0. The van der Waals surface area contributed by atoms with Crippen LogP contribution in [0.15, 0.2) is 0 Å². The standard InChI is InChI=1S/8C3H7O2.Ba.Sr.Ti/c8*1-3(4)5-2;;;/h8*3H,1-2H3;;;/q8*-1;2*+2;+4. The van der Waals surface area contributed by atoms with E-state index >= 15 is 0 Å². The van der Waals surface area contributed by atoms with E-state index in [1.54, 1.807) is 0 Å². The van der Waals surface area contributed by atoms with Crippen LogP contribution in [0.25, 0.3) is 0 Å². The first-order valence-corrected chi connectivity index (χ1v) is 11.7. The molecule has 43 heavy (non-hydrogen) atoms. The molecule has 256 valence electrons. The zero-order valence-electron chi connectivity index (χ0n) is 29.1. The van der Waals surface area contributed by atoms with Crippen LogP contribution in [-0.2, 0) is 59.6 Å². The molecule has 0 aromatic rings. The largest absolute Gasteiger partial charge is 4.00 e. The van der Waals surface area contributed by atoms with Crippen LogP contribution >= 0.6 is 0 Å². The summed E-state index contributed by atoms with van der Waals surface area (Å²) in [5.41, 5.74) is 0. The molecule has 0 radical (unpaired) electrons. The van der Waals surface area contributed by atoms with Crippen molar-refractivity contribution in [2.24, 2.45) is 0 Å². The Balaban J connectivity index is -0.0000000299. The van der Waals surface area contributed by atoms with Gasteiger partial charge in [0, 0.05) is 56.9 Å². The summed E-state index contributed by atoms with van der Waals surface area (Å²) in [4.78, 5) is 0. The summed E-state index contributed by atoms with van der Waals surface area (Å²) in [7, 11) is 11.1. The molecule has 0 aliphatic heterocycles. The van der Waals surface area contributed by atoms with Gasteiger partial charge in [0.15, 0.2) is 0 Å². The maximum atomic E-state index is 9.67. The van der Waals surface area contributed by atoms with Crippen LogP contribution in [-0.4, -0.2) is 202 Å². The van der Waals surface area contributed by atoms with Crippen LogP contribution in [0.3, 0.4) is 0 Å². The topological polar surface area (TPSA) is 258 Å². The van der Waals surface area contributed by atoms with Crippen molar-refractivity contribution in [3.05, 3.63) is 0 Å². The van der Waals surface area contributed by atoms with Gasteiger partial charge in [0.05, 0.1) is 0 Å². The van der Waals surface area contributed by atoms with Crippen LogP contribution in [0.5, 0.6) is 0 Å². The van der Waals surface area contributed by atoms with Gasteiger partial charge in [0.25, 0.3) is 0 Å². The Morgan fingerprint density at radius 1 is 0.279 bits per heavy atom. The number of hydrogen-bond donors (Lipinski definition) is 0. The summed E-state index contributed by atoms with van der Waals surface area (Å²) in [6, 6.07) is 0. The molecule has 0 aliphatic carbocycles. The number of rotatable bonds is 8. The Labute approximate surface area is 352 Å². The van der Waals surface area contributed by atoms with Crippen LogP contribution in [0.2, 0.25) is 0 Å². The minimum Gasteiger partial charge on any atom is -0.831 e. The first-order valence-electron chi connectivity index (χ1n) is 11.7. The van der Waals surface area contributed by atoms with Gasteiger partial charge >= 0.3 is 116 Å². The smallest absolute Gasteiger partial charge is 0.831 e. The molecule has 0 rings (SSSR count). The monoisotopic (exact) mass is 874 g/mol. The molecule has 19 heteroatoms. The van der Waals surface area contributed by atoms with Gasteiger partial charge in [-0.3, -0.25) is 0 Å². The van der Waals surface area contributed by atoms with Gasteiger partial charge < -0.3 is 78.7 Å². The van der Waals surface area contributed by atoms with Crippen molar-refractivity contribution in [2.45, 2.75) is 106 Å². The van der Waals surface area contributed by atoms with E-state index in [-0.39, 0.29) is 116 Å². The molecule has 0 aliphatic rings. The van der Waals surface area contributed by atoms with Gasteiger partial charge in [-0.2, -0.15) is 0 Å². The van der Waals surface area contributed by atoms with E-state index in [0.717, 1.165) is 0 Å². The van der Waals surface area contributed by atoms with E-state index < -0.39 is 50.3 Å². The molecule has 16 nitrogen and oxygen atoms in total. The Kier molecular flexibility index (Phi) is 126. The fraction of sp³-hybridized carbons (Fsp3) is 1.00. The van der Waals surface area contributed by atoms with E-state index in [2.05, 4.69) is 37.9 Å². The van der Waals surface area contributed by atoms with Gasteiger partial charge in [0.2, 0.25) is 0 Å². The zero-order valence-corrected chi connectivity index (χ0v) is 38.5. The van der Waals surface area contributed by atoms with E-state index in [1.165, 1.54) is 112 Å². The normalized spacial score (nSPS) is 14.0. The molecule has 0 aromatic heterocycles. The first kappa shape index (κ1) is 76.1. The van der Waals surface area contributed by atoms with E-state index in [4.69, 9.17) is 0 Å². The number of hydrogen-bond acceptors (Lipinski definition) is 16. The van der Waals surface area contributed by atoms with Crippen molar-refractivity contribution in [3.63, 3.8) is 0 Å². The second-order valence-corrected chi connectivity index (χ2v) is 6.43. The third-order valence-corrected chi connectivity index (χ3v) is 2.66. The average molecular weight is 874 g/mol. The summed E-state index contributed by atoms with van der Waals surface area (Å²) in [5, 5.41) is 77.4. The molecule has 0 N–H and O–H groups in total. The summed E-state index contributed by atoms with van der Waals surface area (Å²) < 4.78 is 33.6. The molecule has 0 fully saturated rings. The van der Waals surface area contributed by atoms with Gasteiger partial charge in [-0.15, -0.1) is 0 Å². The number of ether oxygens (including phenoxy) is 8. The first-order chi connectivity index (χ1) is 18.2. The quantitative estimate of drug-likeness (QED) is 0.162. The SMILES string of the molecule is COC(C)[O-].COC(C)[O-].COC(C)[O-].COC(C)[O-].COC(C)[O-].COC(C)[O-].COC(C)[O-].COC(C)[O-].[Ba+2].[Sr+2].[Ti+4]. The zero-order chi connectivity index (χ0) is 34.3. The van der Waals surface area contributed by atoms with Gasteiger partial charge in [-0.05, 0) is 50.3 Å². The maximum Gasteiger partial charge on any atom is 4.00 e. The predicted octanol–water partition coefficient (Wildman–Crippen LogP) is -6.05. The Bertz CT molecular complexity index is 267. The minimum atomic E-state index is -0.866. The van der Waals surface area contributed by atoms with Crippen molar-refractivity contribution in [2.75, 3.05) is 56.9 Å². The fourth-order valence-electron chi connectivity index (χ4n) is 0. The van der Waals surface area contributed by atoms with Crippen LogP contribution in [0.4, 0.5) is 0 Å². The fourth-order valence-corrected chi connectivity index (χ4v) is 0. The van der Waals surface area contributed by atoms with Crippen molar-refractivity contribution < 1.29 is 100 Å². The summed E-state index contributed by atoms with van der Waals surface area (Å²) in [6.45, 7) is 11.6. The molecule has 0 saturated carbocycles. The molecule has 0 saturated heterocycles. The molecule has 0 amide bonds. The van der Waals surface area contributed by atoms with Gasteiger partial charge in [-0.1, -0.05) is 55.4 Å². The van der Waals surface area contributed by atoms with Gasteiger partial charge in [-0.25, -0.2) is 0 Å². The minimum absolute atomic E-state index is 0. The Morgan fingerprint density at radius 2 is 0.302 bits per heavy atom. The van der Waals surface area contributed by atoms with Crippen LogP contribution in [0.1, 0.15) is 55.4 Å². The van der Waals surface area contributed by atoms with Gasteiger partial charge in [0.1, 0.15) is 0 Å². The molecule has 8 unspecified atom stereocenters. The van der Waals surface area contributed by atoms with Crippen LogP contribution < -0.4 is 40.9 Å². The molecule has 8 atom stereocenters. The van der Waals surface area contributed by atoms with Crippen molar-refractivity contribution in [3.8, 4) is 0 Å². The molecular weight excluding hydrogens is 817 g/mol. The third-order valence-electron chi connectivity index (χ3n) is 2.66. The van der Waals surface area contributed by atoms with Crippen molar-refractivity contribution >= 4 is 94.4 Å². The molecule has 0 spiro atoms. The molecular formula is C24H56BaO16SrTi. The van der Waals surface area contributed by atoms with Crippen LogP contribution in [0, 0.1) is 0 Å². The van der Waals surface area contributed by atoms with Crippen molar-refractivity contribution in [1.82, 2.24) is 0 Å². The third kappa shape index (κ3) is 229. The summed E-state index contributed by atoms with van der Waals surface area (Å²) in [6.07, 6.45) is -6.93. The maximum absolute atomic E-state index is 9.67. The van der Waals surface area contributed by atoms with E-state index in [9.17, 15) is 40.9 Å². The van der Waals surface area contributed by atoms with E-state index in [1.807, 2.05) is 0 Å². The predicted molar refractivity (Wildman–Crippen MR) is 143 cm³/mol. The number of methoxy groups -OCH3 is 8. The van der Waals surface area contributed by atoms with E-state index in [0.29, 0.717) is 0 Å². The van der Waals surface area contributed by atoms with Crippen molar-refractivity contribution in [1.29, 1.82) is 0 Å². The second kappa shape index (κ2) is 71.2.